The summed E-state index contributed by atoms with van der Waals surface area (Å²) in [5.41, 5.74) is 2.45. The SMILES string of the molecule is CC(C)[Si](O)(O)C=Cc1ccc(NS(=O)(=O)c2ccccc2)cc1. The fraction of sp³-hybridized carbons (Fsp3) is 0.176. The van der Waals surface area contributed by atoms with Gasteiger partial charge in [-0.1, -0.05) is 50.3 Å². The summed E-state index contributed by atoms with van der Waals surface area (Å²) in [5, 5.41) is 0. The van der Waals surface area contributed by atoms with Gasteiger partial charge in [-0.15, -0.1) is 0 Å². The Labute approximate surface area is 143 Å². The summed E-state index contributed by atoms with van der Waals surface area (Å²) < 4.78 is 27.0. The van der Waals surface area contributed by atoms with Gasteiger partial charge in [-0.2, -0.15) is 0 Å². The zero-order chi connectivity index (χ0) is 17.8. The Morgan fingerprint density at radius 2 is 1.58 bits per heavy atom. The molecule has 0 aliphatic heterocycles. The van der Waals surface area contributed by atoms with E-state index in [1.807, 2.05) is 0 Å². The molecule has 0 bridgehead atoms. The van der Waals surface area contributed by atoms with Gasteiger partial charge in [0.1, 0.15) is 0 Å². The van der Waals surface area contributed by atoms with E-state index >= 15 is 0 Å². The summed E-state index contributed by atoms with van der Waals surface area (Å²) in [6, 6.07) is 14.8. The minimum absolute atomic E-state index is 0.197. The summed E-state index contributed by atoms with van der Waals surface area (Å²) >= 11 is 0. The predicted molar refractivity (Wildman–Crippen MR) is 98.0 cm³/mol. The van der Waals surface area contributed by atoms with Gasteiger partial charge in [-0.25, -0.2) is 8.42 Å². The highest BCUT2D eigenvalue weighted by Gasteiger charge is 2.29. The van der Waals surface area contributed by atoms with Crippen LogP contribution in [0, 0.1) is 0 Å². The van der Waals surface area contributed by atoms with Crippen LogP contribution in [0.3, 0.4) is 0 Å². The summed E-state index contributed by atoms with van der Waals surface area (Å²) in [6.07, 6.45) is 1.64. The van der Waals surface area contributed by atoms with Gasteiger partial charge < -0.3 is 9.59 Å². The first-order chi connectivity index (χ1) is 11.2. The third kappa shape index (κ3) is 4.78. The molecular formula is C17H21NO4SSi. The highest BCUT2D eigenvalue weighted by molar-refractivity contribution is 7.92. The summed E-state index contributed by atoms with van der Waals surface area (Å²) in [7, 11) is -6.97. The van der Waals surface area contributed by atoms with E-state index in [0.29, 0.717) is 5.69 Å². The van der Waals surface area contributed by atoms with E-state index in [-0.39, 0.29) is 10.4 Å². The molecule has 2 aromatic carbocycles. The van der Waals surface area contributed by atoms with Crippen molar-refractivity contribution in [3.05, 3.63) is 65.9 Å². The Morgan fingerprint density at radius 3 is 2.12 bits per heavy atom. The van der Waals surface area contributed by atoms with Crippen LogP contribution in [0.1, 0.15) is 19.4 Å². The van der Waals surface area contributed by atoms with Crippen LogP contribution >= 0.6 is 0 Å². The molecule has 0 aliphatic carbocycles. The molecule has 0 amide bonds. The number of nitrogens with one attached hydrogen (secondary N) is 1. The predicted octanol–water partition coefficient (Wildman–Crippen LogP) is 2.88. The first-order valence-electron chi connectivity index (χ1n) is 7.52. The highest BCUT2D eigenvalue weighted by Crippen LogP contribution is 2.19. The Bertz CT molecular complexity index is 800. The number of benzene rings is 2. The lowest BCUT2D eigenvalue weighted by molar-refractivity contribution is 0.364. The average molecular weight is 364 g/mol. The second-order valence-electron chi connectivity index (χ2n) is 5.81. The van der Waals surface area contributed by atoms with Crippen molar-refractivity contribution in [2.45, 2.75) is 24.3 Å². The fourth-order valence-corrected chi connectivity index (χ4v) is 3.79. The van der Waals surface area contributed by atoms with Crippen LogP contribution in [0.15, 0.2) is 65.2 Å². The van der Waals surface area contributed by atoms with E-state index in [9.17, 15) is 18.0 Å². The lowest BCUT2D eigenvalue weighted by atomic mass is 10.2. The number of hydrogen-bond acceptors (Lipinski definition) is 4. The molecule has 0 heterocycles. The van der Waals surface area contributed by atoms with Crippen molar-refractivity contribution < 1.29 is 18.0 Å². The molecule has 3 N–H and O–H groups in total. The Kier molecular flexibility index (Phi) is 5.61. The van der Waals surface area contributed by atoms with Crippen molar-refractivity contribution in [2.24, 2.45) is 0 Å². The quantitative estimate of drug-likeness (QED) is 0.689. The lowest BCUT2D eigenvalue weighted by Gasteiger charge is -2.17. The molecule has 0 aromatic heterocycles. The number of rotatable bonds is 6. The number of hydrogen-bond donors (Lipinski definition) is 3. The smallest absolute Gasteiger partial charge is 0.362 e. The monoisotopic (exact) mass is 363 g/mol. The molecule has 7 heteroatoms. The average Bonchev–Trinajstić information content (AvgIpc) is 2.55. The molecule has 0 spiro atoms. The first kappa shape index (κ1) is 18.4. The van der Waals surface area contributed by atoms with Gasteiger partial charge in [-0.3, -0.25) is 4.72 Å². The Hall–Kier alpha value is -1.93. The molecule has 128 valence electrons. The van der Waals surface area contributed by atoms with Crippen LogP contribution in [0.25, 0.3) is 6.08 Å². The summed E-state index contributed by atoms with van der Waals surface area (Å²) in [5.74, 6) is 0. The van der Waals surface area contributed by atoms with Crippen molar-refractivity contribution in [2.75, 3.05) is 4.72 Å². The van der Waals surface area contributed by atoms with Crippen LogP contribution in [0.2, 0.25) is 5.54 Å². The van der Waals surface area contributed by atoms with Gasteiger partial charge in [0.2, 0.25) is 0 Å². The van der Waals surface area contributed by atoms with E-state index in [4.69, 9.17) is 0 Å². The van der Waals surface area contributed by atoms with Crippen molar-refractivity contribution >= 4 is 30.3 Å². The van der Waals surface area contributed by atoms with Gasteiger partial charge in [0, 0.05) is 11.2 Å². The van der Waals surface area contributed by atoms with Crippen molar-refractivity contribution in [3.63, 3.8) is 0 Å². The number of anilines is 1. The second kappa shape index (κ2) is 7.31. The Morgan fingerprint density at radius 1 is 1.00 bits per heavy atom. The van der Waals surface area contributed by atoms with Crippen LogP contribution in [0.5, 0.6) is 0 Å². The maximum atomic E-state index is 12.2. The molecular weight excluding hydrogens is 342 g/mol. The molecule has 0 aliphatic rings. The second-order valence-corrected chi connectivity index (χ2v) is 10.5. The maximum Gasteiger partial charge on any atom is 0.362 e. The van der Waals surface area contributed by atoms with E-state index in [1.165, 1.54) is 17.8 Å². The zero-order valence-electron chi connectivity index (χ0n) is 13.5. The van der Waals surface area contributed by atoms with Crippen LogP contribution < -0.4 is 4.72 Å². The minimum Gasteiger partial charge on any atom is -0.408 e. The zero-order valence-corrected chi connectivity index (χ0v) is 15.4. The molecule has 0 fully saturated rings. The topological polar surface area (TPSA) is 86.6 Å². The van der Waals surface area contributed by atoms with Gasteiger partial charge in [-0.05, 0) is 35.5 Å². The van der Waals surface area contributed by atoms with Gasteiger partial charge in [0.05, 0.1) is 4.90 Å². The highest BCUT2D eigenvalue weighted by atomic mass is 32.2. The van der Waals surface area contributed by atoms with Gasteiger partial charge >= 0.3 is 8.56 Å². The van der Waals surface area contributed by atoms with Crippen LogP contribution in [-0.4, -0.2) is 26.6 Å². The molecule has 0 unspecified atom stereocenters. The van der Waals surface area contributed by atoms with Crippen molar-refractivity contribution in [3.8, 4) is 0 Å². The summed E-state index contributed by atoms with van der Waals surface area (Å²) in [6.45, 7) is 3.52. The molecule has 0 atom stereocenters. The third-order valence-electron chi connectivity index (χ3n) is 3.59. The van der Waals surface area contributed by atoms with Crippen LogP contribution in [-0.2, 0) is 10.0 Å². The molecule has 0 radical (unpaired) electrons. The van der Waals surface area contributed by atoms with E-state index < -0.39 is 18.6 Å². The largest absolute Gasteiger partial charge is 0.408 e. The minimum atomic E-state index is -3.61. The standard InChI is InChI=1S/C17H21NO4SSi/c1-14(2)24(21,22)13-12-15-8-10-16(11-9-15)18-23(19,20)17-6-4-3-5-7-17/h3-14,18,21-22H,1-2H3. The Balaban J connectivity index is 2.12. The van der Waals surface area contributed by atoms with Gasteiger partial charge in [0.25, 0.3) is 10.0 Å². The van der Waals surface area contributed by atoms with Crippen LogP contribution in [0.4, 0.5) is 5.69 Å². The molecule has 2 rings (SSSR count). The van der Waals surface area contributed by atoms with Crippen molar-refractivity contribution in [1.82, 2.24) is 0 Å². The molecule has 0 saturated carbocycles. The molecule has 5 nitrogen and oxygen atoms in total. The molecule has 24 heavy (non-hydrogen) atoms. The molecule has 0 saturated heterocycles. The number of sulfonamides is 1. The maximum absolute atomic E-state index is 12.2. The summed E-state index contributed by atoms with van der Waals surface area (Å²) in [4.78, 5) is 20.0. The van der Waals surface area contributed by atoms with E-state index in [2.05, 4.69) is 4.72 Å². The van der Waals surface area contributed by atoms with Crippen molar-refractivity contribution in [1.29, 1.82) is 0 Å². The van der Waals surface area contributed by atoms with E-state index in [1.54, 1.807) is 62.4 Å². The van der Waals surface area contributed by atoms with Gasteiger partial charge in [0.15, 0.2) is 0 Å². The third-order valence-corrected chi connectivity index (χ3v) is 7.34. The first-order valence-corrected chi connectivity index (χ1v) is 11.1. The fourth-order valence-electron chi connectivity index (χ4n) is 1.89. The molecule has 2 aromatic rings. The lowest BCUT2D eigenvalue weighted by Crippen LogP contribution is -2.35. The van der Waals surface area contributed by atoms with E-state index in [0.717, 1.165) is 5.56 Å². The normalized spacial score (nSPS) is 12.7.